The van der Waals surface area contributed by atoms with E-state index in [0.29, 0.717) is 6.54 Å². The molecule has 0 spiro atoms. The average Bonchev–Trinajstić information content (AvgIpc) is 2.90. The van der Waals surface area contributed by atoms with E-state index >= 15 is 0 Å². The Morgan fingerprint density at radius 2 is 1.96 bits per heavy atom. The van der Waals surface area contributed by atoms with Gasteiger partial charge < -0.3 is 15.2 Å². The Hall–Kier alpha value is -2.37. The monoisotopic (exact) mass is 314 g/mol. The quantitative estimate of drug-likeness (QED) is 0.655. The minimum absolute atomic E-state index is 0.174. The van der Waals surface area contributed by atoms with Gasteiger partial charge in [0.25, 0.3) is 0 Å². The van der Waals surface area contributed by atoms with E-state index in [2.05, 4.69) is 63.9 Å². The van der Waals surface area contributed by atoms with Gasteiger partial charge in [0.15, 0.2) is 11.8 Å². The molecule has 0 radical (unpaired) electrons. The van der Waals surface area contributed by atoms with Gasteiger partial charge in [-0.3, -0.25) is 4.99 Å². The van der Waals surface area contributed by atoms with Crippen molar-refractivity contribution in [1.29, 1.82) is 0 Å². The summed E-state index contributed by atoms with van der Waals surface area (Å²) in [5, 5.41) is 14.9. The van der Waals surface area contributed by atoms with Gasteiger partial charge in [-0.2, -0.15) is 0 Å². The first kappa shape index (κ1) is 17.0. The Balaban J connectivity index is 1.94. The maximum atomic E-state index is 4.28. The van der Waals surface area contributed by atoms with Crippen molar-refractivity contribution in [3.63, 3.8) is 0 Å². The highest BCUT2D eigenvalue weighted by molar-refractivity contribution is 5.80. The molecule has 0 saturated heterocycles. The zero-order chi connectivity index (χ0) is 16.8. The molecule has 1 unspecified atom stereocenters. The van der Waals surface area contributed by atoms with Crippen LogP contribution in [0.3, 0.4) is 0 Å². The van der Waals surface area contributed by atoms with Gasteiger partial charge in [-0.05, 0) is 31.4 Å². The number of aliphatic imine (C=N–C) groups is 1. The zero-order valence-electron chi connectivity index (χ0n) is 14.6. The number of hydrogen-bond acceptors (Lipinski definition) is 3. The van der Waals surface area contributed by atoms with Crippen molar-refractivity contribution < 1.29 is 0 Å². The van der Waals surface area contributed by atoms with E-state index in [0.717, 1.165) is 24.0 Å². The molecule has 0 bridgehead atoms. The number of nitrogens with one attached hydrogen (secondary N) is 2. The molecule has 6 heteroatoms. The van der Waals surface area contributed by atoms with Gasteiger partial charge >= 0.3 is 0 Å². The fraction of sp³-hybridized carbons (Fsp3) is 0.471. The average molecular weight is 314 g/mol. The minimum Gasteiger partial charge on any atom is -0.350 e. The third-order valence-electron chi connectivity index (χ3n) is 4.06. The van der Waals surface area contributed by atoms with E-state index in [4.69, 9.17) is 0 Å². The van der Waals surface area contributed by atoms with Crippen LogP contribution in [0.2, 0.25) is 0 Å². The molecule has 0 aliphatic rings. The lowest BCUT2D eigenvalue weighted by Gasteiger charge is -2.18. The molecule has 0 fully saturated rings. The fourth-order valence-electron chi connectivity index (χ4n) is 2.29. The van der Waals surface area contributed by atoms with Crippen LogP contribution in [0.25, 0.3) is 0 Å². The number of rotatable bonds is 5. The van der Waals surface area contributed by atoms with Crippen molar-refractivity contribution in [2.24, 2.45) is 12.0 Å². The topological polar surface area (TPSA) is 67.1 Å². The summed E-state index contributed by atoms with van der Waals surface area (Å²) >= 11 is 0. The van der Waals surface area contributed by atoms with Crippen LogP contribution in [0.1, 0.15) is 42.7 Å². The van der Waals surface area contributed by atoms with Crippen molar-refractivity contribution in [2.45, 2.75) is 39.8 Å². The fourth-order valence-corrected chi connectivity index (χ4v) is 2.29. The summed E-state index contributed by atoms with van der Waals surface area (Å²) in [6, 6.07) is 8.84. The summed E-state index contributed by atoms with van der Waals surface area (Å²) in [4.78, 5) is 4.28. The van der Waals surface area contributed by atoms with Crippen LogP contribution >= 0.6 is 0 Å². The smallest absolute Gasteiger partial charge is 0.191 e. The number of aromatic nitrogens is 3. The zero-order valence-corrected chi connectivity index (χ0v) is 14.6. The molecular weight excluding hydrogens is 288 g/mol. The highest BCUT2D eigenvalue weighted by Crippen LogP contribution is 2.13. The van der Waals surface area contributed by atoms with Gasteiger partial charge in [0.1, 0.15) is 5.82 Å². The molecule has 0 aliphatic heterocycles. The summed E-state index contributed by atoms with van der Waals surface area (Å²) < 4.78 is 1.97. The van der Waals surface area contributed by atoms with Crippen LogP contribution in [-0.4, -0.2) is 27.8 Å². The molecule has 1 aromatic carbocycles. The molecule has 0 aliphatic carbocycles. The van der Waals surface area contributed by atoms with Crippen molar-refractivity contribution in [1.82, 2.24) is 25.4 Å². The maximum Gasteiger partial charge on any atom is 0.191 e. The van der Waals surface area contributed by atoms with Crippen LogP contribution in [0.15, 0.2) is 29.3 Å². The van der Waals surface area contributed by atoms with Gasteiger partial charge in [0, 0.05) is 14.1 Å². The van der Waals surface area contributed by atoms with Crippen LogP contribution in [0, 0.1) is 6.92 Å². The predicted molar refractivity (Wildman–Crippen MR) is 93.3 cm³/mol. The summed E-state index contributed by atoms with van der Waals surface area (Å²) in [7, 11) is 3.73. The molecule has 2 N–H and O–H groups in total. The lowest BCUT2D eigenvalue weighted by molar-refractivity contribution is 0.667. The van der Waals surface area contributed by atoms with Crippen LogP contribution < -0.4 is 10.6 Å². The van der Waals surface area contributed by atoms with Gasteiger partial charge in [-0.1, -0.05) is 31.2 Å². The molecule has 0 amide bonds. The number of benzene rings is 1. The molecule has 1 aromatic heterocycles. The second-order valence-electron chi connectivity index (χ2n) is 5.61. The molecule has 2 aromatic rings. The largest absolute Gasteiger partial charge is 0.350 e. The molecule has 2 rings (SSSR count). The predicted octanol–water partition coefficient (Wildman–Crippen LogP) is 2.11. The van der Waals surface area contributed by atoms with Crippen LogP contribution in [0.5, 0.6) is 0 Å². The lowest BCUT2D eigenvalue weighted by Crippen LogP contribution is -2.38. The molecule has 6 nitrogen and oxygen atoms in total. The molecule has 0 saturated carbocycles. The number of guanidine groups is 1. The Labute approximate surface area is 138 Å². The normalized spacial score (nSPS) is 13.0. The van der Waals surface area contributed by atoms with E-state index in [1.807, 2.05) is 18.5 Å². The second kappa shape index (κ2) is 7.76. The highest BCUT2D eigenvalue weighted by atomic mass is 15.3. The van der Waals surface area contributed by atoms with Crippen LogP contribution in [0.4, 0.5) is 0 Å². The Kier molecular flexibility index (Phi) is 5.73. The SMILES string of the molecule is CCc1ccc(C(C)NC(=NC)NCc2nnc(C)n2C)cc1. The van der Waals surface area contributed by atoms with E-state index in [9.17, 15) is 0 Å². The molecule has 1 atom stereocenters. The minimum atomic E-state index is 0.174. The Morgan fingerprint density at radius 1 is 1.26 bits per heavy atom. The van der Waals surface area contributed by atoms with Gasteiger partial charge in [-0.25, -0.2) is 0 Å². The molecule has 1 heterocycles. The van der Waals surface area contributed by atoms with Crippen molar-refractivity contribution in [3.8, 4) is 0 Å². The van der Waals surface area contributed by atoms with Crippen LogP contribution in [-0.2, 0) is 20.0 Å². The third kappa shape index (κ3) is 4.31. The summed E-state index contributed by atoms with van der Waals surface area (Å²) in [5.41, 5.74) is 2.58. The highest BCUT2D eigenvalue weighted by Gasteiger charge is 2.09. The van der Waals surface area contributed by atoms with E-state index in [-0.39, 0.29) is 6.04 Å². The van der Waals surface area contributed by atoms with Crippen molar-refractivity contribution >= 4 is 5.96 Å². The lowest BCUT2D eigenvalue weighted by atomic mass is 10.1. The molecule has 124 valence electrons. The second-order valence-corrected chi connectivity index (χ2v) is 5.61. The van der Waals surface area contributed by atoms with Gasteiger partial charge in [-0.15, -0.1) is 10.2 Å². The van der Waals surface area contributed by atoms with Crippen molar-refractivity contribution in [2.75, 3.05) is 7.05 Å². The molecular formula is C17H26N6. The summed E-state index contributed by atoms with van der Waals surface area (Å²) in [5.74, 6) is 2.53. The Bertz CT molecular complexity index is 656. The number of nitrogens with zero attached hydrogens (tertiary/aromatic N) is 4. The maximum absolute atomic E-state index is 4.28. The Morgan fingerprint density at radius 3 is 2.48 bits per heavy atom. The van der Waals surface area contributed by atoms with Gasteiger partial charge in [0.05, 0.1) is 12.6 Å². The van der Waals surface area contributed by atoms with E-state index in [1.165, 1.54) is 11.1 Å². The van der Waals surface area contributed by atoms with Crippen molar-refractivity contribution in [3.05, 3.63) is 47.0 Å². The van der Waals surface area contributed by atoms with E-state index < -0.39 is 0 Å². The standard InChI is InChI=1S/C17H26N6/c1-6-14-7-9-15(10-8-14)12(2)20-17(18-4)19-11-16-22-21-13(3)23(16)5/h7-10,12H,6,11H2,1-5H3,(H2,18,19,20). The third-order valence-corrected chi connectivity index (χ3v) is 4.06. The van der Waals surface area contributed by atoms with E-state index in [1.54, 1.807) is 7.05 Å². The molecule has 23 heavy (non-hydrogen) atoms. The number of hydrogen-bond donors (Lipinski definition) is 2. The first-order valence-electron chi connectivity index (χ1n) is 7.96. The first-order valence-corrected chi connectivity index (χ1v) is 7.96. The summed E-state index contributed by atoms with van der Waals surface area (Å²) in [6.07, 6.45) is 1.06. The van der Waals surface area contributed by atoms with Gasteiger partial charge in [0.2, 0.25) is 0 Å². The number of aryl methyl sites for hydroxylation is 2. The first-order chi connectivity index (χ1) is 11.0. The summed E-state index contributed by atoms with van der Waals surface area (Å²) in [6.45, 7) is 6.81.